The SMILES string of the molecule is COc1cc(CC(=O)Oc2ccc3oc4ccccc4c3c2)cc(OC)c1OC. The van der Waals surface area contributed by atoms with E-state index in [1.165, 1.54) is 21.3 Å². The molecular formula is C23H20O6. The van der Waals surface area contributed by atoms with Crippen LogP contribution in [0.5, 0.6) is 23.0 Å². The number of methoxy groups -OCH3 is 3. The second-order valence-corrected chi connectivity index (χ2v) is 6.44. The predicted molar refractivity (Wildman–Crippen MR) is 109 cm³/mol. The Balaban J connectivity index is 1.57. The van der Waals surface area contributed by atoms with Gasteiger partial charge in [0.15, 0.2) is 11.5 Å². The summed E-state index contributed by atoms with van der Waals surface area (Å²) in [7, 11) is 4.59. The van der Waals surface area contributed by atoms with E-state index in [9.17, 15) is 4.79 Å². The molecule has 4 rings (SSSR count). The summed E-state index contributed by atoms with van der Waals surface area (Å²) in [6.45, 7) is 0. The molecule has 0 atom stereocenters. The van der Waals surface area contributed by atoms with Crippen LogP contribution in [-0.4, -0.2) is 27.3 Å². The molecule has 0 saturated heterocycles. The number of esters is 1. The van der Waals surface area contributed by atoms with Gasteiger partial charge in [0.1, 0.15) is 16.9 Å². The molecule has 0 radical (unpaired) electrons. The predicted octanol–water partition coefficient (Wildman–Crippen LogP) is 4.76. The van der Waals surface area contributed by atoms with Crippen LogP contribution in [0.1, 0.15) is 5.56 Å². The second-order valence-electron chi connectivity index (χ2n) is 6.44. The highest BCUT2D eigenvalue weighted by Gasteiger charge is 2.16. The van der Waals surface area contributed by atoms with Crippen LogP contribution in [0, 0.1) is 0 Å². The summed E-state index contributed by atoms with van der Waals surface area (Å²) >= 11 is 0. The molecule has 6 heteroatoms. The van der Waals surface area contributed by atoms with Gasteiger partial charge in [-0.2, -0.15) is 0 Å². The summed E-state index contributed by atoms with van der Waals surface area (Å²) in [6.07, 6.45) is 0.0564. The standard InChI is InChI=1S/C23H20O6/c1-25-20-10-14(11-21(26-2)23(20)27-3)12-22(24)28-15-8-9-19-17(13-15)16-6-4-5-7-18(16)29-19/h4-11,13H,12H2,1-3H3. The first kappa shape index (κ1) is 18.7. The Kier molecular flexibility index (Phi) is 4.99. The molecule has 6 nitrogen and oxygen atoms in total. The van der Waals surface area contributed by atoms with Gasteiger partial charge in [-0.25, -0.2) is 0 Å². The number of benzene rings is 3. The van der Waals surface area contributed by atoms with E-state index in [1.54, 1.807) is 24.3 Å². The Labute approximate surface area is 167 Å². The number of carbonyl (C=O) groups excluding carboxylic acids is 1. The maximum absolute atomic E-state index is 12.5. The van der Waals surface area contributed by atoms with Crippen LogP contribution < -0.4 is 18.9 Å². The molecule has 0 aliphatic heterocycles. The third-order valence-electron chi connectivity index (χ3n) is 4.65. The molecular weight excluding hydrogens is 372 g/mol. The molecule has 0 unspecified atom stereocenters. The van der Waals surface area contributed by atoms with E-state index in [1.807, 2.05) is 30.3 Å². The molecule has 0 aliphatic carbocycles. The fourth-order valence-electron chi connectivity index (χ4n) is 3.34. The van der Waals surface area contributed by atoms with E-state index >= 15 is 0 Å². The van der Waals surface area contributed by atoms with Crippen molar-refractivity contribution in [1.82, 2.24) is 0 Å². The van der Waals surface area contributed by atoms with Gasteiger partial charge < -0.3 is 23.4 Å². The number of carbonyl (C=O) groups is 1. The van der Waals surface area contributed by atoms with Gasteiger partial charge >= 0.3 is 5.97 Å². The first-order valence-electron chi connectivity index (χ1n) is 9.03. The lowest BCUT2D eigenvalue weighted by Gasteiger charge is -2.14. The van der Waals surface area contributed by atoms with Crippen molar-refractivity contribution in [2.75, 3.05) is 21.3 Å². The zero-order chi connectivity index (χ0) is 20.4. The zero-order valence-electron chi connectivity index (χ0n) is 16.4. The van der Waals surface area contributed by atoms with Gasteiger partial charge in [-0.05, 0) is 42.0 Å². The number of hydrogen-bond donors (Lipinski definition) is 0. The Bertz CT molecular complexity index is 1170. The van der Waals surface area contributed by atoms with Gasteiger partial charge in [0.2, 0.25) is 5.75 Å². The van der Waals surface area contributed by atoms with E-state index in [0.717, 1.165) is 21.9 Å². The van der Waals surface area contributed by atoms with Gasteiger partial charge in [-0.3, -0.25) is 4.79 Å². The average molecular weight is 392 g/mol. The first-order chi connectivity index (χ1) is 14.1. The molecule has 4 aromatic rings. The van der Waals surface area contributed by atoms with Crippen LogP contribution in [0.15, 0.2) is 59.0 Å². The fourth-order valence-corrected chi connectivity index (χ4v) is 3.34. The van der Waals surface area contributed by atoms with Crippen molar-refractivity contribution in [2.24, 2.45) is 0 Å². The van der Waals surface area contributed by atoms with Gasteiger partial charge in [-0.15, -0.1) is 0 Å². The number of hydrogen-bond acceptors (Lipinski definition) is 6. The normalized spacial score (nSPS) is 10.9. The number of ether oxygens (including phenoxy) is 4. The molecule has 0 aliphatic rings. The van der Waals surface area contributed by atoms with E-state index in [2.05, 4.69) is 0 Å². The molecule has 0 spiro atoms. The number of furan rings is 1. The minimum absolute atomic E-state index is 0.0564. The van der Waals surface area contributed by atoms with Crippen molar-refractivity contribution < 1.29 is 28.2 Å². The van der Waals surface area contributed by atoms with Gasteiger partial charge in [0.05, 0.1) is 27.8 Å². The fraction of sp³-hybridized carbons (Fsp3) is 0.174. The van der Waals surface area contributed by atoms with E-state index in [4.69, 9.17) is 23.4 Å². The maximum Gasteiger partial charge on any atom is 0.315 e. The topological polar surface area (TPSA) is 67.1 Å². The van der Waals surface area contributed by atoms with E-state index in [0.29, 0.717) is 28.6 Å². The van der Waals surface area contributed by atoms with Crippen LogP contribution in [0.25, 0.3) is 21.9 Å². The summed E-state index contributed by atoms with van der Waals surface area (Å²) < 4.78 is 27.3. The van der Waals surface area contributed by atoms with E-state index < -0.39 is 5.97 Å². The van der Waals surface area contributed by atoms with Crippen molar-refractivity contribution in [3.05, 3.63) is 60.2 Å². The number of rotatable bonds is 6. The molecule has 1 aromatic heterocycles. The number of fused-ring (bicyclic) bond motifs is 3. The summed E-state index contributed by atoms with van der Waals surface area (Å²) in [5.41, 5.74) is 2.23. The molecule has 29 heavy (non-hydrogen) atoms. The van der Waals surface area contributed by atoms with Crippen LogP contribution in [0.3, 0.4) is 0 Å². The minimum atomic E-state index is -0.397. The quantitative estimate of drug-likeness (QED) is 0.348. The second kappa shape index (κ2) is 7.75. The molecule has 1 heterocycles. The van der Waals surface area contributed by atoms with Crippen molar-refractivity contribution in [3.8, 4) is 23.0 Å². The molecule has 148 valence electrons. The highest BCUT2D eigenvalue weighted by Crippen LogP contribution is 2.38. The monoisotopic (exact) mass is 392 g/mol. The van der Waals surface area contributed by atoms with Crippen molar-refractivity contribution in [1.29, 1.82) is 0 Å². The van der Waals surface area contributed by atoms with Crippen LogP contribution in [0.2, 0.25) is 0 Å². The Hall–Kier alpha value is -3.67. The summed E-state index contributed by atoms with van der Waals surface area (Å²) in [5, 5.41) is 1.88. The molecule has 0 amide bonds. The molecule has 0 fully saturated rings. The Morgan fingerprint density at radius 3 is 2.21 bits per heavy atom. The Morgan fingerprint density at radius 2 is 1.52 bits per heavy atom. The summed E-state index contributed by atoms with van der Waals surface area (Å²) in [5.74, 6) is 1.51. The van der Waals surface area contributed by atoms with Gasteiger partial charge in [-0.1, -0.05) is 18.2 Å². The lowest BCUT2D eigenvalue weighted by atomic mass is 10.1. The Morgan fingerprint density at radius 1 is 0.828 bits per heavy atom. The smallest absolute Gasteiger partial charge is 0.315 e. The third-order valence-corrected chi connectivity index (χ3v) is 4.65. The lowest BCUT2D eigenvalue weighted by molar-refractivity contribution is -0.133. The highest BCUT2D eigenvalue weighted by molar-refractivity contribution is 6.05. The minimum Gasteiger partial charge on any atom is -0.493 e. The maximum atomic E-state index is 12.5. The van der Waals surface area contributed by atoms with Crippen LogP contribution in [-0.2, 0) is 11.2 Å². The third kappa shape index (κ3) is 3.57. The van der Waals surface area contributed by atoms with Crippen molar-refractivity contribution >= 4 is 27.9 Å². The lowest BCUT2D eigenvalue weighted by Crippen LogP contribution is -2.11. The molecule has 0 saturated carbocycles. The van der Waals surface area contributed by atoms with Crippen molar-refractivity contribution in [3.63, 3.8) is 0 Å². The number of para-hydroxylation sites is 1. The molecule has 3 aromatic carbocycles. The largest absolute Gasteiger partial charge is 0.493 e. The summed E-state index contributed by atoms with van der Waals surface area (Å²) in [6, 6.07) is 16.5. The van der Waals surface area contributed by atoms with E-state index in [-0.39, 0.29) is 6.42 Å². The first-order valence-corrected chi connectivity index (χ1v) is 9.03. The summed E-state index contributed by atoms with van der Waals surface area (Å²) in [4.78, 5) is 12.5. The van der Waals surface area contributed by atoms with Crippen molar-refractivity contribution in [2.45, 2.75) is 6.42 Å². The molecule has 0 bridgehead atoms. The molecule has 0 N–H and O–H groups in total. The van der Waals surface area contributed by atoms with Crippen LogP contribution >= 0.6 is 0 Å². The average Bonchev–Trinajstić information content (AvgIpc) is 3.11. The van der Waals surface area contributed by atoms with Crippen LogP contribution in [0.4, 0.5) is 0 Å². The highest BCUT2D eigenvalue weighted by atomic mass is 16.5. The van der Waals surface area contributed by atoms with Gasteiger partial charge in [0.25, 0.3) is 0 Å². The zero-order valence-corrected chi connectivity index (χ0v) is 16.4. The van der Waals surface area contributed by atoms with Gasteiger partial charge in [0, 0.05) is 10.8 Å².